The summed E-state index contributed by atoms with van der Waals surface area (Å²) in [5, 5.41) is 4.95. The van der Waals surface area contributed by atoms with Crippen LogP contribution in [0.15, 0.2) is 22.7 Å². The summed E-state index contributed by atoms with van der Waals surface area (Å²) in [6, 6.07) is 5.63. The first kappa shape index (κ1) is 12.5. The van der Waals surface area contributed by atoms with Gasteiger partial charge in [-0.1, -0.05) is 27.5 Å². The van der Waals surface area contributed by atoms with E-state index in [9.17, 15) is 0 Å². The number of benzene rings is 1. The van der Waals surface area contributed by atoms with Gasteiger partial charge >= 0.3 is 0 Å². The van der Waals surface area contributed by atoms with Crippen molar-refractivity contribution in [3.8, 4) is 5.69 Å². The molecule has 0 radical (unpaired) electrons. The quantitative estimate of drug-likeness (QED) is 0.740. The van der Waals surface area contributed by atoms with Crippen LogP contribution in [-0.2, 0) is 7.05 Å². The van der Waals surface area contributed by atoms with Gasteiger partial charge in [-0.2, -0.15) is 5.10 Å². The van der Waals surface area contributed by atoms with Crippen molar-refractivity contribution in [2.45, 2.75) is 6.92 Å². The smallest absolute Gasteiger partial charge is 0.207 e. The monoisotopic (exact) mass is 339 g/mol. The van der Waals surface area contributed by atoms with Crippen LogP contribution in [-0.4, -0.2) is 19.3 Å². The summed E-state index contributed by atoms with van der Waals surface area (Å²) >= 11 is 9.68. The number of rotatable bonds is 1. The van der Waals surface area contributed by atoms with Crippen molar-refractivity contribution >= 4 is 44.6 Å². The molecule has 19 heavy (non-hydrogen) atoms. The number of hydrogen-bond acceptors (Lipinski definition) is 3. The van der Waals surface area contributed by atoms with E-state index in [2.05, 4.69) is 26.0 Å². The van der Waals surface area contributed by atoms with E-state index in [4.69, 9.17) is 17.3 Å². The van der Waals surface area contributed by atoms with Gasteiger partial charge in [-0.3, -0.25) is 4.57 Å². The lowest BCUT2D eigenvalue weighted by molar-refractivity contribution is 0.762. The minimum absolute atomic E-state index is 0.398. The van der Waals surface area contributed by atoms with Gasteiger partial charge in [0.25, 0.3) is 0 Å². The van der Waals surface area contributed by atoms with Crippen molar-refractivity contribution in [3.63, 3.8) is 0 Å². The summed E-state index contributed by atoms with van der Waals surface area (Å²) in [7, 11) is 1.86. The number of anilines is 1. The molecule has 2 heterocycles. The first-order valence-corrected chi connectivity index (χ1v) is 6.79. The average molecular weight is 341 g/mol. The van der Waals surface area contributed by atoms with Gasteiger partial charge in [0.05, 0.1) is 16.4 Å². The number of hydrogen-bond donors (Lipinski definition) is 1. The molecule has 0 aliphatic heterocycles. The van der Waals surface area contributed by atoms with Crippen LogP contribution in [0, 0.1) is 6.92 Å². The second-order valence-corrected chi connectivity index (χ2v) is 5.61. The Bertz CT molecular complexity index is 789. The van der Waals surface area contributed by atoms with E-state index >= 15 is 0 Å². The molecule has 0 unspecified atom stereocenters. The zero-order chi connectivity index (χ0) is 13.7. The van der Waals surface area contributed by atoms with Crippen LogP contribution >= 0.6 is 27.5 Å². The Morgan fingerprint density at radius 2 is 2.11 bits per heavy atom. The van der Waals surface area contributed by atoms with E-state index in [0.29, 0.717) is 11.0 Å². The number of halogens is 2. The average Bonchev–Trinajstić information content (AvgIpc) is 2.79. The Kier molecular flexibility index (Phi) is 2.79. The molecule has 0 saturated heterocycles. The maximum Gasteiger partial charge on any atom is 0.207 e. The lowest BCUT2D eigenvalue weighted by Crippen LogP contribution is -2.05. The molecule has 0 bridgehead atoms. The molecule has 3 rings (SSSR count). The van der Waals surface area contributed by atoms with Crippen molar-refractivity contribution in [2.75, 3.05) is 5.73 Å². The summed E-state index contributed by atoms with van der Waals surface area (Å²) in [5.41, 5.74) is 9.27. The predicted octanol–water partition coefficient (Wildman–Crippen LogP) is 3.07. The summed E-state index contributed by atoms with van der Waals surface area (Å²) < 4.78 is 4.48. The maximum atomic E-state index is 6.29. The fraction of sp³-hybridized carbons (Fsp3) is 0.167. The first-order valence-electron chi connectivity index (χ1n) is 5.62. The standard InChI is InChI=1S/C12H11BrClN5/c1-6-10-11(18(2)17-6)19(12(15)16-10)9-4-3-7(13)5-8(9)14/h3-5H,1-2H3,(H2,15,16). The second kappa shape index (κ2) is 4.25. The van der Waals surface area contributed by atoms with Gasteiger partial charge in [-0.15, -0.1) is 0 Å². The van der Waals surface area contributed by atoms with Crippen molar-refractivity contribution in [1.29, 1.82) is 0 Å². The number of nitrogens with two attached hydrogens (primary N) is 1. The highest BCUT2D eigenvalue weighted by atomic mass is 79.9. The maximum absolute atomic E-state index is 6.29. The van der Waals surface area contributed by atoms with Gasteiger partial charge in [0.15, 0.2) is 5.65 Å². The van der Waals surface area contributed by atoms with Crippen LogP contribution in [0.2, 0.25) is 5.02 Å². The summed E-state index contributed by atoms with van der Waals surface area (Å²) in [6.45, 7) is 1.91. The third-order valence-corrected chi connectivity index (χ3v) is 3.77. The van der Waals surface area contributed by atoms with Crippen LogP contribution < -0.4 is 5.73 Å². The molecule has 0 spiro atoms. The SMILES string of the molecule is Cc1nn(C)c2c1nc(N)n2-c1ccc(Br)cc1Cl. The molecule has 0 aliphatic rings. The zero-order valence-corrected chi connectivity index (χ0v) is 12.7. The highest BCUT2D eigenvalue weighted by molar-refractivity contribution is 9.10. The van der Waals surface area contributed by atoms with E-state index in [1.165, 1.54) is 0 Å². The Morgan fingerprint density at radius 1 is 1.37 bits per heavy atom. The van der Waals surface area contributed by atoms with Gasteiger partial charge in [0.1, 0.15) is 5.52 Å². The van der Waals surface area contributed by atoms with Crippen LogP contribution in [0.25, 0.3) is 16.9 Å². The van der Waals surface area contributed by atoms with Crippen LogP contribution in [0.1, 0.15) is 5.69 Å². The molecule has 3 aromatic rings. The third-order valence-electron chi connectivity index (χ3n) is 2.98. The van der Waals surface area contributed by atoms with E-state index in [1.807, 2.05) is 36.7 Å². The van der Waals surface area contributed by atoms with Gasteiger partial charge in [-0.05, 0) is 25.1 Å². The Labute approximate surface area is 123 Å². The van der Waals surface area contributed by atoms with Crippen LogP contribution in [0.3, 0.4) is 0 Å². The number of imidazole rings is 1. The summed E-state index contributed by atoms with van der Waals surface area (Å²) in [6.07, 6.45) is 0. The molecule has 1 aromatic carbocycles. The molecule has 0 aliphatic carbocycles. The Hall–Kier alpha value is -1.53. The normalized spacial score (nSPS) is 11.4. The molecular weight excluding hydrogens is 330 g/mol. The second-order valence-electron chi connectivity index (χ2n) is 4.28. The van der Waals surface area contributed by atoms with E-state index in [-0.39, 0.29) is 0 Å². The van der Waals surface area contributed by atoms with Gasteiger partial charge in [-0.25, -0.2) is 9.67 Å². The van der Waals surface area contributed by atoms with Gasteiger partial charge in [0, 0.05) is 11.5 Å². The van der Waals surface area contributed by atoms with Gasteiger partial charge < -0.3 is 5.73 Å². The lowest BCUT2D eigenvalue weighted by atomic mass is 10.3. The molecule has 5 nitrogen and oxygen atoms in total. The highest BCUT2D eigenvalue weighted by Crippen LogP contribution is 2.30. The fourth-order valence-corrected chi connectivity index (χ4v) is 2.95. The van der Waals surface area contributed by atoms with E-state index < -0.39 is 0 Å². The Morgan fingerprint density at radius 3 is 2.79 bits per heavy atom. The third kappa shape index (κ3) is 1.82. The number of aryl methyl sites for hydroxylation is 2. The number of nitrogens with zero attached hydrogens (tertiary/aromatic N) is 4. The molecule has 0 fully saturated rings. The zero-order valence-electron chi connectivity index (χ0n) is 10.4. The van der Waals surface area contributed by atoms with Gasteiger partial charge in [0.2, 0.25) is 5.95 Å². The number of aromatic nitrogens is 4. The topological polar surface area (TPSA) is 61.7 Å². The summed E-state index contributed by atoms with van der Waals surface area (Å²) in [4.78, 5) is 4.36. The largest absolute Gasteiger partial charge is 0.369 e. The first-order chi connectivity index (χ1) is 8.99. The molecule has 2 aromatic heterocycles. The van der Waals surface area contributed by atoms with Crippen molar-refractivity contribution < 1.29 is 0 Å². The highest BCUT2D eigenvalue weighted by Gasteiger charge is 2.18. The molecule has 2 N–H and O–H groups in total. The van der Waals surface area contributed by atoms with E-state index in [0.717, 1.165) is 27.0 Å². The van der Waals surface area contributed by atoms with Crippen molar-refractivity contribution in [1.82, 2.24) is 19.3 Å². The molecule has 0 saturated carbocycles. The predicted molar refractivity (Wildman–Crippen MR) is 79.7 cm³/mol. The minimum atomic E-state index is 0.398. The molecule has 7 heteroatoms. The molecule has 0 amide bonds. The summed E-state index contributed by atoms with van der Waals surface area (Å²) in [5.74, 6) is 0.398. The molecule has 0 atom stereocenters. The van der Waals surface area contributed by atoms with Crippen molar-refractivity contribution in [2.24, 2.45) is 7.05 Å². The molecule has 98 valence electrons. The minimum Gasteiger partial charge on any atom is -0.369 e. The van der Waals surface area contributed by atoms with Crippen LogP contribution in [0.4, 0.5) is 5.95 Å². The fourth-order valence-electron chi connectivity index (χ4n) is 2.19. The van der Waals surface area contributed by atoms with Crippen LogP contribution in [0.5, 0.6) is 0 Å². The Balaban J connectivity index is 2.38. The van der Waals surface area contributed by atoms with Crippen molar-refractivity contribution in [3.05, 3.63) is 33.4 Å². The molecular formula is C12H11BrClN5. The lowest BCUT2D eigenvalue weighted by Gasteiger charge is -2.09. The number of fused-ring (bicyclic) bond motifs is 1. The number of nitrogen functional groups attached to an aromatic ring is 1. The van der Waals surface area contributed by atoms with E-state index in [1.54, 1.807) is 4.68 Å².